The van der Waals surface area contributed by atoms with E-state index in [9.17, 15) is 21.4 Å². The monoisotopic (exact) mass is 546 g/mol. The molecule has 0 aliphatic carbocycles. The van der Waals surface area contributed by atoms with Crippen molar-refractivity contribution < 1.29 is 21.4 Å². The molecule has 0 saturated heterocycles. The maximum Gasteiger partial charge on any atom is 0.295 e. The van der Waals surface area contributed by atoms with Gasteiger partial charge in [-0.15, -0.1) is 0 Å². The number of nitrogen functional groups attached to an aromatic ring is 1. The van der Waals surface area contributed by atoms with Crippen LogP contribution in [0.25, 0.3) is 33.4 Å². The second-order valence-electron chi connectivity index (χ2n) is 8.54. The van der Waals surface area contributed by atoms with E-state index in [0.29, 0.717) is 16.7 Å². The van der Waals surface area contributed by atoms with Crippen molar-refractivity contribution in [1.82, 2.24) is 9.97 Å². The van der Waals surface area contributed by atoms with Crippen LogP contribution in [0.1, 0.15) is 5.56 Å². The zero-order valence-electron chi connectivity index (χ0n) is 20.0. The largest absolute Gasteiger partial charge is 0.399 e. The van der Waals surface area contributed by atoms with Crippen molar-refractivity contribution >= 4 is 42.7 Å². The van der Waals surface area contributed by atoms with E-state index in [0.717, 1.165) is 16.7 Å². The van der Waals surface area contributed by atoms with Crippen molar-refractivity contribution in [3.8, 4) is 22.4 Å². The van der Waals surface area contributed by atoms with Crippen molar-refractivity contribution in [2.24, 2.45) is 0 Å². The van der Waals surface area contributed by atoms with Crippen molar-refractivity contribution in [3.05, 3.63) is 96.6 Å². The van der Waals surface area contributed by atoms with E-state index in [2.05, 4.69) is 9.71 Å². The van der Waals surface area contributed by atoms with Crippen molar-refractivity contribution in [1.29, 1.82) is 0 Å². The number of nitrogens with one attached hydrogen (secondary N) is 1. The molecule has 0 radical (unpaired) electrons. The summed E-state index contributed by atoms with van der Waals surface area (Å²) in [6, 6.07) is 24.4. The molecule has 0 unspecified atom stereocenters. The molecule has 1 heterocycles. The number of fused-ring (bicyclic) bond motifs is 1. The Kier molecular flexibility index (Phi) is 6.35. The number of nitrogens with zero attached hydrogens (tertiary/aromatic N) is 2. The third-order valence-corrected chi connectivity index (χ3v) is 8.28. The molecule has 0 aliphatic heterocycles. The maximum absolute atomic E-state index is 13.2. The van der Waals surface area contributed by atoms with Crippen LogP contribution >= 0.6 is 0 Å². The summed E-state index contributed by atoms with van der Waals surface area (Å²) in [7, 11) is -8.83. The summed E-state index contributed by atoms with van der Waals surface area (Å²) in [5.74, 6) is -0.197. The molecule has 1 aromatic heterocycles. The molecular formula is C27H22N4O5S2. The van der Waals surface area contributed by atoms with Crippen LogP contribution in [0.4, 0.5) is 11.5 Å². The van der Waals surface area contributed by atoms with Gasteiger partial charge in [-0.3, -0.25) is 9.27 Å². The molecule has 0 bridgehead atoms. The SMILES string of the molecule is Cc1c(-c2ccccc2)ccc2nc(NS(=O)(=O)c3ccc(N)cc3)c(-c3ccccc3S(=O)(=O)O)nc12. The van der Waals surface area contributed by atoms with Gasteiger partial charge in [-0.1, -0.05) is 54.6 Å². The van der Waals surface area contributed by atoms with Gasteiger partial charge in [0.15, 0.2) is 5.82 Å². The van der Waals surface area contributed by atoms with Crippen LogP contribution in [0.3, 0.4) is 0 Å². The van der Waals surface area contributed by atoms with Crippen LogP contribution in [0.5, 0.6) is 0 Å². The number of aryl methyl sites for hydroxylation is 1. The fourth-order valence-electron chi connectivity index (χ4n) is 4.17. The van der Waals surface area contributed by atoms with Crippen LogP contribution in [-0.4, -0.2) is 31.4 Å². The fraction of sp³-hybridized carbons (Fsp3) is 0.0370. The smallest absolute Gasteiger partial charge is 0.295 e. The number of rotatable bonds is 6. The highest BCUT2D eigenvalue weighted by molar-refractivity contribution is 7.92. The average molecular weight is 547 g/mol. The Morgan fingerprint density at radius 3 is 2.11 bits per heavy atom. The second-order valence-corrected chi connectivity index (χ2v) is 11.6. The number of benzene rings is 4. The molecule has 11 heteroatoms. The Morgan fingerprint density at radius 2 is 1.42 bits per heavy atom. The van der Waals surface area contributed by atoms with Gasteiger partial charge < -0.3 is 5.73 Å². The quantitative estimate of drug-likeness (QED) is 0.201. The van der Waals surface area contributed by atoms with Gasteiger partial charge in [-0.25, -0.2) is 18.4 Å². The predicted octanol–water partition coefficient (Wildman–Crippen LogP) is 4.90. The van der Waals surface area contributed by atoms with E-state index in [-0.39, 0.29) is 22.0 Å². The molecule has 0 spiro atoms. The maximum atomic E-state index is 13.2. The fourth-order valence-corrected chi connectivity index (χ4v) is 5.87. The number of hydrogen-bond acceptors (Lipinski definition) is 7. The molecule has 9 nitrogen and oxygen atoms in total. The highest BCUT2D eigenvalue weighted by atomic mass is 32.2. The minimum absolute atomic E-state index is 0.0103. The van der Waals surface area contributed by atoms with Crippen LogP contribution < -0.4 is 10.5 Å². The second kappa shape index (κ2) is 9.53. The summed E-state index contributed by atoms with van der Waals surface area (Å²) in [5, 5.41) is 0. The summed E-state index contributed by atoms with van der Waals surface area (Å²) < 4.78 is 63.2. The molecule has 5 aromatic rings. The average Bonchev–Trinajstić information content (AvgIpc) is 2.89. The van der Waals surface area contributed by atoms with Crippen molar-refractivity contribution in [2.75, 3.05) is 10.5 Å². The minimum Gasteiger partial charge on any atom is -0.399 e. The van der Waals surface area contributed by atoms with Gasteiger partial charge in [0.25, 0.3) is 20.1 Å². The summed E-state index contributed by atoms with van der Waals surface area (Å²) in [6.45, 7) is 1.86. The summed E-state index contributed by atoms with van der Waals surface area (Å²) in [6.07, 6.45) is 0. The molecular weight excluding hydrogens is 524 g/mol. The zero-order chi connectivity index (χ0) is 27.1. The third kappa shape index (κ3) is 4.82. The van der Waals surface area contributed by atoms with Crippen LogP contribution in [0, 0.1) is 6.92 Å². The van der Waals surface area contributed by atoms with Gasteiger partial charge in [0.1, 0.15) is 10.6 Å². The Hall–Kier alpha value is -4.32. The van der Waals surface area contributed by atoms with Gasteiger partial charge >= 0.3 is 0 Å². The Balaban J connectivity index is 1.77. The van der Waals surface area contributed by atoms with Crippen molar-refractivity contribution in [3.63, 3.8) is 0 Å². The first-order chi connectivity index (χ1) is 18.0. The zero-order valence-corrected chi connectivity index (χ0v) is 21.7. The molecule has 0 aliphatic rings. The van der Waals surface area contributed by atoms with E-state index >= 15 is 0 Å². The van der Waals surface area contributed by atoms with Crippen LogP contribution in [0.15, 0.2) is 101 Å². The van der Waals surface area contributed by atoms with Crippen LogP contribution in [-0.2, 0) is 20.1 Å². The van der Waals surface area contributed by atoms with Crippen LogP contribution in [0.2, 0.25) is 0 Å². The number of hydrogen-bond donors (Lipinski definition) is 3. The molecule has 0 atom stereocenters. The molecule has 4 N–H and O–H groups in total. The highest BCUT2D eigenvalue weighted by Gasteiger charge is 2.25. The number of anilines is 2. The summed E-state index contributed by atoms with van der Waals surface area (Å²) in [5.41, 5.74) is 9.45. The normalized spacial score (nSPS) is 11.9. The van der Waals surface area contributed by atoms with Gasteiger partial charge in [-0.05, 0) is 60.0 Å². The number of sulfonamides is 1. The first kappa shape index (κ1) is 25.3. The van der Waals surface area contributed by atoms with Gasteiger partial charge in [0.05, 0.1) is 15.9 Å². The standard InChI is InChI=1S/C27H22N4O5S2/c1-17-21(18-7-3-2-4-8-18)15-16-23-25(17)30-26(22-9-5-6-10-24(22)38(34,35)36)27(29-23)31-37(32,33)20-13-11-19(28)12-14-20/h2-16H,28H2,1H3,(H,29,31)(H,34,35,36). The first-order valence-electron chi connectivity index (χ1n) is 11.4. The Bertz CT molecular complexity index is 1890. The molecule has 0 amide bonds. The van der Waals surface area contributed by atoms with Gasteiger partial charge in [-0.2, -0.15) is 8.42 Å². The Labute approximate surface area is 219 Å². The molecule has 0 saturated carbocycles. The number of aromatic nitrogens is 2. The predicted molar refractivity (Wildman–Crippen MR) is 147 cm³/mol. The lowest BCUT2D eigenvalue weighted by Crippen LogP contribution is -2.16. The topological polar surface area (TPSA) is 152 Å². The lowest BCUT2D eigenvalue weighted by atomic mass is 9.99. The summed E-state index contributed by atoms with van der Waals surface area (Å²) >= 11 is 0. The first-order valence-corrected chi connectivity index (χ1v) is 14.3. The lowest BCUT2D eigenvalue weighted by molar-refractivity contribution is 0.483. The minimum atomic E-state index is -4.67. The third-order valence-electron chi connectivity index (χ3n) is 6.02. The molecule has 38 heavy (non-hydrogen) atoms. The summed E-state index contributed by atoms with van der Waals surface area (Å²) in [4.78, 5) is 8.75. The van der Waals surface area contributed by atoms with Crippen molar-refractivity contribution in [2.45, 2.75) is 16.7 Å². The molecule has 5 rings (SSSR count). The highest BCUT2D eigenvalue weighted by Crippen LogP contribution is 2.36. The van der Waals surface area contributed by atoms with Gasteiger partial charge in [0.2, 0.25) is 0 Å². The molecule has 4 aromatic carbocycles. The molecule has 0 fully saturated rings. The Morgan fingerprint density at radius 1 is 0.763 bits per heavy atom. The van der Waals surface area contributed by atoms with E-state index in [1.54, 1.807) is 12.1 Å². The van der Waals surface area contributed by atoms with E-state index in [1.807, 2.05) is 43.3 Å². The van der Waals surface area contributed by atoms with E-state index < -0.39 is 25.0 Å². The van der Waals surface area contributed by atoms with Gasteiger partial charge in [0, 0.05) is 11.3 Å². The lowest BCUT2D eigenvalue weighted by Gasteiger charge is -2.16. The van der Waals surface area contributed by atoms with E-state index in [1.165, 1.54) is 42.5 Å². The van der Waals surface area contributed by atoms with E-state index in [4.69, 9.17) is 10.7 Å². The number of nitrogens with two attached hydrogens (primary N) is 1. The molecule has 192 valence electrons.